The van der Waals surface area contributed by atoms with Gasteiger partial charge in [-0.1, -0.05) is 49.3 Å². The highest BCUT2D eigenvalue weighted by molar-refractivity contribution is 5.24. The number of hydrogen-bond acceptors (Lipinski definition) is 5. The van der Waals surface area contributed by atoms with E-state index in [1.165, 1.54) is 0 Å². The SMILES string of the molecule is CCN(CC)CCc1noc(C(CN)c2ccccc2)n1. The van der Waals surface area contributed by atoms with Crippen LogP contribution in [0.5, 0.6) is 0 Å². The van der Waals surface area contributed by atoms with Gasteiger partial charge >= 0.3 is 0 Å². The molecule has 0 fully saturated rings. The Morgan fingerprint density at radius 1 is 1.19 bits per heavy atom. The molecule has 1 atom stereocenters. The van der Waals surface area contributed by atoms with Gasteiger partial charge < -0.3 is 15.2 Å². The lowest BCUT2D eigenvalue weighted by Crippen LogP contribution is -2.25. The van der Waals surface area contributed by atoms with E-state index in [0.717, 1.165) is 37.4 Å². The minimum Gasteiger partial charge on any atom is -0.339 e. The summed E-state index contributed by atoms with van der Waals surface area (Å²) in [5.41, 5.74) is 6.99. The standard InChI is InChI=1S/C16H24N4O/c1-3-20(4-2)11-10-15-18-16(21-19-15)14(12-17)13-8-6-5-7-9-13/h5-9,14H,3-4,10-12,17H2,1-2H3. The molecule has 0 spiro atoms. The molecule has 0 bridgehead atoms. The van der Waals surface area contributed by atoms with Crippen LogP contribution < -0.4 is 5.73 Å². The minimum absolute atomic E-state index is 0.0269. The third-order valence-corrected chi connectivity index (χ3v) is 3.77. The number of benzene rings is 1. The second kappa shape index (κ2) is 7.90. The molecule has 0 saturated heterocycles. The van der Waals surface area contributed by atoms with Gasteiger partial charge in [-0.2, -0.15) is 4.98 Å². The Balaban J connectivity index is 2.04. The second-order valence-corrected chi connectivity index (χ2v) is 5.02. The topological polar surface area (TPSA) is 68.2 Å². The van der Waals surface area contributed by atoms with E-state index in [2.05, 4.69) is 28.9 Å². The summed E-state index contributed by atoms with van der Waals surface area (Å²) >= 11 is 0. The maximum absolute atomic E-state index is 5.88. The van der Waals surface area contributed by atoms with Gasteiger partial charge in [-0.25, -0.2) is 0 Å². The number of rotatable bonds is 8. The molecule has 1 heterocycles. The van der Waals surface area contributed by atoms with Crippen molar-refractivity contribution in [2.75, 3.05) is 26.2 Å². The van der Waals surface area contributed by atoms with Crippen molar-refractivity contribution in [3.63, 3.8) is 0 Å². The van der Waals surface area contributed by atoms with Crippen LogP contribution in [0, 0.1) is 0 Å². The van der Waals surface area contributed by atoms with Crippen molar-refractivity contribution in [3.8, 4) is 0 Å². The summed E-state index contributed by atoms with van der Waals surface area (Å²) in [5.74, 6) is 1.34. The molecule has 2 N–H and O–H groups in total. The Hall–Kier alpha value is -1.72. The summed E-state index contributed by atoms with van der Waals surface area (Å²) in [6.45, 7) is 7.80. The Morgan fingerprint density at radius 2 is 1.90 bits per heavy atom. The zero-order valence-corrected chi connectivity index (χ0v) is 12.8. The molecule has 114 valence electrons. The summed E-state index contributed by atoms with van der Waals surface area (Å²) in [5, 5.41) is 4.08. The first-order valence-electron chi connectivity index (χ1n) is 7.58. The first-order valence-corrected chi connectivity index (χ1v) is 7.58. The van der Waals surface area contributed by atoms with Crippen LogP contribution in [0.3, 0.4) is 0 Å². The van der Waals surface area contributed by atoms with Gasteiger partial charge in [0.05, 0.1) is 5.92 Å². The third-order valence-electron chi connectivity index (χ3n) is 3.77. The van der Waals surface area contributed by atoms with Gasteiger partial charge in [-0.05, 0) is 18.7 Å². The first kappa shape index (κ1) is 15.7. The lowest BCUT2D eigenvalue weighted by molar-refractivity contribution is 0.302. The molecule has 1 aromatic heterocycles. The third kappa shape index (κ3) is 4.12. The van der Waals surface area contributed by atoms with E-state index in [-0.39, 0.29) is 5.92 Å². The Bertz CT molecular complexity index is 522. The second-order valence-electron chi connectivity index (χ2n) is 5.02. The van der Waals surface area contributed by atoms with Gasteiger partial charge in [-0.15, -0.1) is 0 Å². The molecule has 0 aliphatic rings. The van der Waals surface area contributed by atoms with Crippen molar-refractivity contribution in [2.45, 2.75) is 26.2 Å². The summed E-state index contributed by atoms with van der Waals surface area (Å²) in [6, 6.07) is 10.1. The van der Waals surface area contributed by atoms with Gasteiger partial charge in [-0.3, -0.25) is 0 Å². The zero-order chi connectivity index (χ0) is 15.1. The van der Waals surface area contributed by atoms with E-state index in [1.54, 1.807) is 0 Å². The fraction of sp³-hybridized carbons (Fsp3) is 0.500. The zero-order valence-electron chi connectivity index (χ0n) is 12.8. The van der Waals surface area contributed by atoms with Gasteiger partial charge in [0.15, 0.2) is 5.82 Å². The molecule has 0 aliphatic carbocycles. The highest BCUT2D eigenvalue weighted by Gasteiger charge is 2.19. The fourth-order valence-electron chi connectivity index (χ4n) is 2.37. The average Bonchev–Trinajstić information content (AvgIpc) is 2.99. The molecule has 21 heavy (non-hydrogen) atoms. The predicted molar refractivity (Wildman–Crippen MR) is 83.1 cm³/mol. The van der Waals surface area contributed by atoms with Crippen molar-refractivity contribution in [2.24, 2.45) is 5.73 Å². The van der Waals surface area contributed by atoms with Crippen molar-refractivity contribution in [3.05, 3.63) is 47.6 Å². The summed E-state index contributed by atoms with van der Waals surface area (Å²) < 4.78 is 5.41. The maximum atomic E-state index is 5.88. The molecule has 2 rings (SSSR count). The van der Waals surface area contributed by atoms with Crippen LogP contribution in [0.2, 0.25) is 0 Å². The molecule has 1 unspecified atom stereocenters. The normalized spacial score (nSPS) is 12.8. The summed E-state index contributed by atoms with van der Waals surface area (Å²) in [4.78, 5) is 6.85. The number of likely N-dealkylation sites (N-methyl/N-ethyl adjacent to an activating group) is 1. The van der Waals surface area contributed by atoms with Crippen LogP contribution in [-0.2, 0) is 6.42 Å². The van der Waals surface area contributed by atoms with Crippen LogP contribution in [0.15, 0.2) is 34.9 Å². The van der Waals surface area contributed by atoms with Crippen molar-refractivity contribution < 1.29 is 4.52 Å². The van der Waals surface area contributed by atoms with Crippen LogP contribution in [-0.4, -0.2) is 41.2 Å². The molecule has 5 nitrogen and oxygen atoms in total. The van der Waals surface area contributed by atoms with E-state index in [9.17, 15) is 0 Å². The van der Waals surface area contributed by atoms with Gasteiger partial charge in [0.1, 0.15) is 0 Å². The lowest BCUT2D eigenvalue weighted by atomic mass is 9.99. The molecule has 0 saturated carbocycles. The number of nitrogens with zero attached hydrogens (tertiary/aromatic N) is 3. The maximum Gasteiger partial charge on any atom is 0.235 e. The average molecular weight is 288 g/mol. The smallest absolute Gasteiger partial charge is 0.235 e. The molecular formula is C16H24N4O. The summed E-state index contributed by atoms with van der Waals surface area (Å²) in [7, 11) is 0. The van der Waals surface area contributed by atoms with E-state index >= 15 is 0 Å². The number of hydrogen-bond donors (Lipinski definition) is 1. The predicted octanol–water partition coefficient (Wildman–Crippen LogP) is 2.04. The fourth-order valence-corrected chi connectivity index (χ4v) is 2.37. The first-order chi connectivity index (χ1) is 10.3. The van der Waals surface area contributed by atoms with E-state index in [4.69, 9.17) is 10.3 Å². The van der Waals surface area contributed by atoms with Crippen molar-refractivity contribution >= 4 is 0 Å². The largest absolute Gasteiger partial charge is 0.339 e. The van der Waals surface area contributed by atoms with Crippen LogP contribution >= 0.6 is 0 Å². The molecular weight excluding hydrogens is 264 g/mol. The molecule has 5 heteroatoms. The van der Waals surface area contributed by atoms with Crippen molar-refractivity contribution in [1.82, 2.24) is 15.0 Å². The van der Waals surface area contributed by atoms with Gasteiger partial charge in [0.25, 0.3) is 0 Å². The van der Waals surface area contributed by atoms with E-state index in [0.29, 0.717) is 12.4 Å². The van der Waals surface area contributed by atoms with Gasteiger partial charge in [0.2, 0.25) is 5.89 Å². The van der Waals surface area contributed by atoms with Crippen LogP contribution in [0.1, 0.15) is 37.0 Å². The highest BCUT2D eigenvalue weighted by Crippen LogP contribution is 2.21. The highest BCUT2D eigenvalue weighted by atomic mass is 16.5. The molecule has 0 amide bonds. The Morgan fingerprint density at radius 3 is 2.52 bits per heavy atom. The Labute approximate surface area is 126 Å². The quantitative estimate of drug-likeness (QED) is 0.805. The van der Waals surface area contributed by atoms with E-state index < -0.39 is 0 Å². The number of aromatic nitrogens is 2. The molecule has 0 radical (unpaired) electrons. The van der Waals surface area contributed by atoms with Crippen LogP contribution in [0.4, 0.5) is 0 Å². The minimum atomic E-state index is -0.0269. The molecule has 1 aromatic carbocycles. The van der Waals surface area contributed by atoms with Crippen LogP contribution in [0.25, 0.3) is 0 Å². The molecule has 0 aliphatic heterocycles. The molecule has 2 aromatic rings. The monoisotopic (exact) mass is 288 g/mol. The summed E-state index contributed by atoms with van der Waals surface area (Å²) in [6.07, 6.45) is 0.803. The van der Waals surface area contributed by atoms with Gasteiger partial charge in [0, 0.05) is 19.5 Å². The van der Waals surface area contributed by atoms with Crippen molar-refractivity contribution in [1.29, 1.82) is 0 Å². The lowest BCUT2D eigenvalue weighted by Gasteiger charge is -2.16. The number of nitrogens with two attached hydrogens (primary N) is 1. The Kier molecular flexibility index (Phi) is 5.90. The van der Waals surface area contributed by atoms with E-state index in [1.807, 2.05) is 30.3 Å².